The molecule has 0 amide bonds. The van der Waals surface area contributed by atoms with Crippen LogP contribution in [0.15, 0.2) is 18.2 Å². The van der Waals surface area contributed by atoms with Gasteiger partial charge in [-0.25, -0.2) is 4.39 Å². The van der Waals surface area contributed by atoms with Gasteiger partial charge in [-0.05, 0) is 50.7 Å². The number of alkyl halides is 7. The minimum absolute atomic E-state index is 0.0974. The summed E-state index contributed by atoms with van der Waals surface area (Å²) in [7, 11) is 0. The summed E-state index contributed by atoms with van der Waals surface area (Å²) in [5.41, 5.74) is -2.61. The molecule has 0 aromatic heterocycles. The van der Waals surface area contributed by atoms with Crippen LogP contribution in [0.2, 0.25) is 0 Å². The second kappa shape index (κ2) is 6.62. The Balaban J connectivity index is 3.34. The lowest BCUT2D eigenvalue weighted by Gasteiger charge is -2.30. The van der Waals surface area contributed by atoms with Gasteiger partial charge in [-0.1, -0.05) is 6.07 Å². The van der Waals surface area contributed by atoms with Gasteiger partial charge in [0.2, 0.25) is 0 Å². The SMILES string of the molecule is CC(C)(C)OC(=S)Cc1cc(C(F)(C(F)(F)F)C(F)(F)F)ccc1N. The molecule has 2 nitrogen and oxygen atoms in total. The molecule has 0 saturated carbocycles. The van der Waals surface area contributed by atoms with E-state index in [1.807, 2.05) is 0 Å². The first-order chi connectivity index (χ1) is 11.0. The molecule has 1 aromatic rings. The maximum absolute atomic E-state index is 14.1. The first-order valence-corrected chi connectivity index (χ1v) is 7.33. The predicted octanol–water partition coefficient (Wildman–Crippen LogP) is 5.24. The average Bonchev–Trinajstić information content (AvgIpc) is 2.35. The van der Waals surface area contributed by atoms with Crippen molar-refractivity contribution in [2.24, 2.45) is 0 Å². The third kappa shape index (κ3) is 4.74. The van der Waals surface area contributed by atoms with Crippen LogP contribution in [-0.4, -0.2) is 23.0 Å². The molecule has 0 radical (unpaired) electrons. The van der Waals surface area contributed by atoms with E-state index in [9.17, 15) is 30.7 Å². The zero-order valence-electron chi connectivity index (χ0n) is 13.5. The van der Waals surface area contributed by atoms with Gasteiger partial charge in [0.05, 0.1) is 0 Å². The monoisotopic (exact) mass is 391 g/mol. The normalized spacial score (nSPS) is 13.7. The zero-order chi connectivity index (χ0) is 19.8. The van der Waals surface area contributed by atoms with Crippen LogP contribution in [0.5, 0.6) is 0 Å². The molecule has 0 atom stereocenters. The molecule has 1 aromatic carbocycles. The van der Waals surface area contributed by atoms with Crippen LogP contribution < -0.4 is 5.73 Å². The fourth-order valence-electron chi connectivity index (χ4n) is 1.99. The van der Waals surface area contributed by atoms with Gasteiger partial charge >= 0.3 is 18.0 Å². The highest BCUT2D eigenvalue weighted by molar-refractivity contribution is 7.80. The fraction of sp³-hybridized carbons (Fsp3) is 0.533. The standard InChI is InChI=1S/C15H16F7NOS/c1-12(2,3)24-11(25)7-8-6-9(4-5-10(8)23)13(16,14(17,18)19)15(20,21)22/h4-6H,7,23H2,1-3H3. The Kier molecular flexibility index (Phi) is 5.68. The van der Waals surface area contributed by atoms with Crippen LogP contribution in [0, 0.1) is 0 Å². The molecule has 0 saturated heterocycles. The molecule has 0 aliphatic rings. The number of halogens is 7. The van der Waals surface area contributed by atoms with E-state index < -0.39 is 29.2 Å². The van der Waals surface area contributed by atoms with E-state index >= 15 is 0 Å². The minimum atomic E-state index is -6.19. The summed E-state index contributed by atoms with van der Waals surface area (Å²) in [5, 5.41) is -0.0974. The van der Waals surface area contributed by atoms with Crippen LogP contribution in [0.1, 0.15) is 31.9 Å². The quantitative estimate of drug-likeness (QED) is 0.435. The molecule has 2 N–H and O–H groups in total. The molecule has 142 valence electrons. The molecule has 0 unspecified atom stereocenters. The van der Waals surface area contributed by atoms with Crippen molar-refractivity contribution in [1.82, 2.24) is 0 Å². The second-order valence-electron chi connectivity index (χ2n) is 6.33. The van der Waals surface area contributed by atoms with Gasteiger partial charge in [-0.3, -0.25) is 0 Å². The molecule has 0 spiro atoms. The first kappa shape index (κ1) is 21.5. The number of hydrogen-bond acceptors (Lipinski definition) is 3. The lowest BCUT2D eigenvalue weighted by molar-refractivity contribution is -0.348. The van der Waals surface area contributed by atoms with Crippen molar-refractivity contribution < 1.29 is 35.5 Å². The molecule has 0 heterocycles. The Hall–Kier alpha value is -1.58. The lowest BCUT2D eigenvalue weighted by atomic mass is 9.91. The van der Waals surface area contributed by atoms with Crippen molar-refractivity contribution in [3.05, 3.63) is 29.3 Å². The Morgan fingerprint density at radius 1 is 1.00 bits per heavy atom. The van der Waals surface area contributed by atoms with Gasteiger partial charge in [0, 0.05) is 17.7 Å². The summed E-state index contributed by atoms with van der Waals surface area (Å²) in [6.07, 6.45) is -12.7. The Morgan fingerprint density at radius 2 is 1.48 bits per heavy atom. The van der Waals surface area contributed by atoms with E-state index in [-0.39, 0.29) is 22.7 Å². The third-order valence-electron chi connectivity index (χ3n) is 3.08. The Morgan fingerprint density at radius 3 is 1.88 bits per heavy atom. The molecule has 10 heteroatoms. The van der Waals surface area contributed by atoms with Crippen LogP contribution in [0.25, 0.3) is 0 Å². The smallest absolute Gasteiger partial charge is 0.435 e. The van der Waals surface area contributed by atoms with E-state index in [1.54, 1.807) is 20.8 Å². The average molecular weight is 391 g/mol. The zero-order valence-corrected chi connectivity index (χ0v) is 14.3. The van der Waals surface area contributed by atoms with Crippen molar-refractivity contribution in [2.45, 2.75) is 50.8 Å². The number of nitrogens with two attached hydrogens (primary N) is 1. The van der Waals surface area contributed by atoms with E-state index in [2.05, 4.69) is 0 Å². The van der Waals surface area contributed by atoms with Gasteiger partial charge < -0.3 is 10.5 Å². The maximum atomic E-state index is 14.1. The van der Waals surface area contributed by atoms with E-state index in [1.165, 1.54) is 0 Å². The summed E-state index contributed by atoms with van der Waals surface area (Å²) in [6.45, 7) is 4.96. The predicted molar refractivity (Wildman–Crippen MR) is 82.9 cm³/mol. The molecule has 0 aliphatic heterocycles. The Labute approximate surface area is 145 Å². The number of benzene rings is 1. The molecular formula is C15H16F7NOS. The number of thiocarbonyl (C=S) groups is 1. The second-order valence-corrected chi connectivity index (χ2v) is 6.79. The minimum Gasteiger partial charge on any atom is -0.481 e. The van der Waals surface area contributed by atoms with Crippen molar-refractivity contribution >= 4 is 23.0 Å². The highest BCUT2D eigenvalue weighted by Gasteiger charge is 2.73. The van der Waals surface area contributed by atoms with E-state index in [0.29, 0.717) is 12.1 Å². The molecule has 1 rings (SSSR count). The van der Waals surface area contributed by atoms with E-state index in [0.717, 1.165) is 6.07 Å². The molecule has 0 aliphatic carbocycles. The largest absolute Gasteiger partial charge is 0.481 e. The molecule has 0 bridgehead atoms. The topological polar surface area (TPSA) is 35.2 Å². The number of ether oxygens (including phenoxy) is 1. The number of hydrogen-bond donors (Lipinski definition) is 1. The van der Waals surface area contributed by atoms with Gasteiger partial charge in [-0.15, -0.1) is 0 Å². The highest BCUT2D eigenvalue weighted by atomic mass is 32.1. The fourth-order valence-corrected chi connectivity index (χ4v) is 2.40. The molecule has 25 heavy (non-hydrogen) atoms. The summed E-state index contributed by atoms with van der Waals surface area (Å²) in [5.74, 6) is 0. The summed E-state index contributed by atoms with van der Waals surface area (Å²) in [4.78, 5) is 0. The van der Waals surface area contributed by atoms with Gasteiger partial charge in [0.15, 0.2) is 5.05 Å². The van der Waals surface area contributed by atoms with Crippen molar-refractivity contribution in [1.29, 1.82) is 0 Å². The Bertz CT molecular complexity index is 633. The first-order valence-electron chi connectivity index (χ1n) is 6.92. The van der Waals surface area contributed by atoms with Gasteiger partial charge in [0.25, 0.3) is 0 Å². The molecular weight excluding hydrogens is 375 g/mol. The van der Waals surface area contributed by atoms with Gasteiger partial charge in [0.1, 0.15) is 5.60 Å². The molecule has 0 fully saturated rings. The van der Waals surface area contributed by atoms with Crippen molar-refractivity contribution in [3.63, 3.8) is 0 Å². The summed E-state index contributed by atoms with van der Waals surface area (Å²) in [6, 6.07) is 1.54. The van der Waals surface area contributed by atoms with Crippen LogP contribution in [-0.2, 0) is 16.8 Å². The number of anilines is 1. The number of nitrogen functional groups attached to an aromatic ring is 1. The van der Waals surface area contributed by atoms with Crippen molar-refractivity contribution in [3.8, 4) is 0 Å². The van der Waals surface area contributed by atoms with Crippen LogP contribution >= 0.6 is 12.2 Å². The van der Waals surface area contributed by atoms with E-state index in [4.69, 9.17) is 22.7 Å². The van der Waals surface area contributed by atoms with Gasteiger partial charge in [-0.2, -0.15) is 26.3 Å². The highest BCUT2D eigenvalue weighted by Crippen LogP contribution is 2.53. The summed E-state index contributed by atoms with van der Waals surface area (Å²) >= 11 is 4.91. The van der Waals surface area contributed by atoms with Crippen LogP contribution in [0.4, 0.5) is 36.4 Å². The number of rotatable bonds is 3. The van der Waals surface area contributed by atoms with Crippen LogP contribution in [0.3, 0.4) is 0 Å². The lowest BCUT2D eigenvalue weighted by Crippen LogP contribution is -2.50. The maximum Gasteiger partial charge on any atom is 0.435 e. The third-order valence-corrected chi connectivity index (χ3v) is 3.30. The van der Waals surface area contributed by atoms with Crippen molar-refractivity contribution in [2.75, 3.05) is 5.73 Å². The summed E-state index contributed by atoms with van der Waals surface area (Å²) < 4.78 is 96.4.